The first kappa shape index (κ1) is 18.6. The number of hydrogen-bond donors (Lipinski definition) is 1. The molecule has 6 nitrogen and oxygen atoms in total. The van der Waals surface area contributed by atoms with Gasteiger partial charge in [0.05, 0.1) is 10.6 Å². The molecule has 1 amide bonds. The van der Waals surface area contributed by atoms with Crippen molar-refractivity contribution in [3.8, 4) is 0 Å². The Bertz CT molecular complexity index is 814. The second-order valence-electron chi connectivity index (χ2n) is 5.90. The number of amides is 1. The Labute approximate surface area is 160 Å². The van der Waals surface area contributed by atoms with Gasteiger partial charge in [0.15, 0.2) is 5.69 Å². The van der Waals surface area contributed by atoms with Gasteiger partial charge in [-0.25, -0.2) is 14.8 Å². The Morgan fingerprint density at radius 2 is 2.19 bits per heavy atom. The van der Waals surface area contributed by atoms with Crippen molar-refractivity contribution >= 4 is 35.0 Å². The number of carboxylic acids is 1. The van der Waals surface area contributed by atoms with Crippen molar-refractivity contribution in [2.24, 2.45) is 0 Å². The summed E-state index contributed by atoms with van der Waals surface area (Å²) in [5.41, 5.74) is 0.725. The molecule has 1 aliphatic heterocycles. The van der Waals surface area contributed by atoms with Crippen molar-refractivity contribution in [2.45, 2.75) is 23.8 Å². The summed E-state index contributed by atoms with van der Waals surface area (Å²) in [5.74, 6) is -0.0922. The van der Waals surface area contributed by atoms with Crippen LogP contribution in [0.15, 0.2) is 41.4 Å². The molecule has 1 aliphatic rings. The molecule has 136 valence electrons. The highest BCUT2D eigenvalue weighted by Gasteiger charge is 2.28. The number of carboxylic acid groups (broad SMARTS) is 1. The lowest BCUT2D eigenvalue weighted by atomic mass is 9.97. The summed E-state index contributed by atoms with van der Waals surface area (Å²) in [6.45, 7) is 4.97. The van der Waals surface area contributed by atoms with E-state index in [1.807, 2.05) is 11.0 Å². The number of aromatic carboxylic acids is 1. The molecule has 3 heterocycles. The van der Waals surface area contributed by atoms with Crippen LogP contribution >= 0.6 is 23.1 Å². The molecule has 0 bridgehead atoms. The Morgan fingerprint density at radius 3 is 2.85 bits per heavy atom. The molecule has 2 aromatic rings. The van der Waals surface area contributed by atoms with Crippen molar-refractivity contribution in [1.82, 2.24) is 14.9 Å². The van der Waals surface area contributed by atoms with Crippen molar-refractivity contribution < 1.29 is 14.7 Å². The van der Waals surface area contributed by atoms with E-state index < -0.39 is 5.97 Å². The molecule has 1 saturated heterocycles. The molecule has 0 unspecified atom stereocenters. The van der Waals surface area contributed by atoms with Crippen LogP contribution in [-0.2, 0) is 0 Å². The Kier molecular flexibility index (Phi) is 6.05. The van der Waals surface area contributed by atoms with Crippen molar-refractivity contribution in [2.75, 3.05) is 18.8 Å². The molecule has 26 heavy (non-hydrogen) atoms. The van der Waals surface area contributed by atoms with Gasteiger partial charge in [-0.1, -0.05) is 6.08 Å². The predicted molar refractivity (Wildman–Crippen MR) is 102 cm³/mol. The van der Waals surface area contributed by atoms with Gasteiger partial charge in [-0.15, -0.1) is 29.7 Å². The second-order valence-corrected chi connectivity index (χ2v) is 7.80. The van der Waals surface area contributed by atoms with E-state index >= 15 is 0 Å². The fourth-order valence-electron chi connectivity index (χ4n) is 2.88. The number of carbonyl (C=O) groups is 2. The van der Waals surface area contributed by atoms with E-state index in [9.17, 15) is 9.59 Å². The maximum atomic E-state index is 12.9. The monoisotopic (exact) mass is 389 g/mol. The molecule has 0 aromatic carbocycles. The van der Waals surface area contributed by atoms with Gasteiger partial charge in [0, 0.05) is 36.3 Å². The quantitative estimate of drug-likeness (QED) is 0.601. The second kappa shape index (κ2) is 8.46. The summed E-state index contributed by atoms with van der Waals surface area (Å²) >= 11 is 2.89. The van der Waals surface area contributed by atoms with Crippen molar-refractivity contribution in [1.29, 1.82) is 0 Å². The molecule has 3 rings (SSSR count). The molecular formula is C18H19N3O3S2. The van der Waals surface area contributed by atoms with Crippen LogP contribution in [0.1, 0.15) is 44.6 Å². The maximum Gasteiger partial charge on any atom is 0.355 e. The average Bonchev–Trinajstić information content (AvgIpc) is 3.17. The van der Waals surface area contributed by atoms with Gasteiger partial charge in [0.2, 0.25) is 0 Å². The van der Waals surface area contributed by atoms with Crippen LogP contribution in [0, 0.1) is 0 Å². The number of likely N-dealkylation sites (tertiary alicyclic amines) is 1. The molecule has 0 aliphatic carbocycles. The fourth-order valence-corrected chi connectivity index (χ4v) is 4.57. The summed E-state index contributed by atoms with van der Waals surface area (Å²) in [6.07, 6.45) is 5.05. The van der Waals surface area contributed by atoms with Crippen LogP contribution in [0.25, 0.3) is 0 Å². The van der Waals surface area contributed by atoms with Gasteiger partial charge >= 0.3 is 5.97 Å². The number of thiazole rings is 1. The average molecular weight is 390 g/mol. The highest BCUT2D eigenvalue weighted by atomic mass is 32.2. The lowest BCUT2D eigenvalue weighted by Crippen LogP contribution is -2.38. The molecule has 1 N–H and O–H groups in total. The zero-order valence-electron chi connectivity index (χ0n) is 14.1. The number of pyridine rings is 1. The van der Waals surface area contributed by atoms with Gasteiger partial charge < -0.3 is 10.0 Å². The highest BCUT2D eigenvalue weighted by Crippen LogP contribution is 2.31. The van der Waals surface area contributed by atoms with Gasteiger partial charge in [-0.05, 0) is 25.0 Å². The van der Waals surface area contributed by atoms with E-state index in [4.69, 9.17) is 5.11 Å². The Hall–Kier alpha value is -2.19. The van der Waals surface area contributed by atoms with E-state index in [0.29, 0.717) is 24.4 Å². The first-order chi connectivity index (χ1) is 12.6. The van der Waals surface area contributed by atoms with E-state index in [1.54, 1.807) is 23.7 Å². The normalized spacial score (nSPS) is 15.0. The molecule has 0 radical (unpaired) electrons. The third-order valence-electron chi connectivity index (χ3n) is 4.21. The van der Waals surface area contributed by atoms with E-state index in [0.717, 1.165) is 22.9 Å². The third kappa shape index (κ3) is 4.13. The summed E-state index contributed by atoms with van der Waals surface area (Å²) in [7, 11) is 0. The number of rotatable bonds is 6. The number of carbonyl (C=O) groups excluding carboxylic acids is 1. The topological polar surface area (TPSA) is 83.4 Å². The van der Waals surface area contributed by atoms with E-state index in [2.05, 4.69) is 16.5 Å². The van der Waals surface area contributed by atoms with Crippen LogP contribution in [-0.4, -0.2) is 50.7 Å². The van der Waals surface area contributed by atoms with Crippen LogP contribution in [0.2, 0.25) is 0 Å². The smallest absolute Gasteiger partial charge is 0.355 e. The molecule has 2 aromatic heterocycles. The third-order valence-corrected chi connectivity index (χ3v) is 6.22. The van der Waals surface area contributed by atoms with Gasteiger partial charge in [-0.3, -0.25) is 4.79 Å². The highest BCUT2D eigenvalue weighted by molar-refractivity contribution is 7.99. The zero-order valence-corrected chi connectivity index (χ0v) is 15.8. The first-order valence-electron chi connectivity index (χ1n) is 8.27. The molecule has 8 heteroatoms. The minimum absolute atomic E-state index is 0.00604. The molecule has 0 spiro atoms. The number of nitrogens with zero attached hydrogens (tertiary/aromatic N) is 3. The molecule has 0 saturated carbocycles. The zero-order chi connectivity index (χ0) is 18.5. The number of aromatic nitrogens is 2. The minimum Gasteiger partial charge on any atom is -0.476 e. The number of hydrogen-bond acceptors (Lipinski definition) is 6. The predicted octanol–water partition coefficient (Wildman–Crippen LogP) is 3.53. The molecule has 1 fully saturated rings. The summed E-state index contributed by atoms with van der Waals surface area (Å²) in [4.78, 5) is 34.2. The van der Waals surface area contributed by atoms with Gasteiger partial charge in [-0.2, -0.15) is 0 Å². The summed E-state index contributed by atoms with van der Waals surface area (Å²) < 4.78 is 0. The first-order valence-corrected chi connectivity index (χ1v) is 10.1. The number of thioether (sulfide) groups is 1. The molecule has 0 atom stereocenters. The summed E-state index contributed by atoms with van der Waals surface area (Å²) in [5, 5.41) is 12.2. The van der Waals surface area contributed by atoms with Gasteiger partial charge in [0.1, 0.15) is 5.03 Å². The van der Waals surface area contributed by atoms with E-state index in [1.165, 1.54) is 23.1 Å². The lowest BCUT2D eigenvalue weighted by molar-refractivity contribution is 0.0690. The van der Waals surface area contributed by atoms with Crippen LogP contribution < -0.4 is 0 Å². The van der Waals surface area contributed by atoms with Crippen LogP contribution in [0.5, 0.6) is 0 Å². The fraction of sp³-hybridized carbons (Fsp3) is 0.333. The number of piperidine rings is 1. The minimum atomic E-state index is -0.999. The van der Waals surface area contributed by atoms with Crippen molar-refractivity contribution in [3.05, 3.63) is 52.6 Å². The standard InChI is InChI=1S/C18H19N3O3S2/c1-2-10-25-16-13(4-3-7-19-16)17(22)21-8-5-12(6-9-21)15-20-14(11-26-15)18(23)24/h2-4,7,11-12H,1,5-6,8-10H2,(H,23,24). The van der Waals surface area contributed by atoms with Crippen LogP contribution in [0.4, 0.5) is 0 Å². The van der Waals surface area contributed by atoms with Crippen LogP contribution in [0.3, 0.4) is 0 Å². The summed E-state index contributed by atoms with van der Waals surface area (Å²) in [6, 6.07) is 3.59. The van der Waals surface area contributed by atoms with E-state index in [-0.39, 0.29) is 17.5 Å². The SMILES string of the molecule is C=CCSc1ncccc1C(=O)N1CCC(c2nc(C(=O)O)cs2)CC1. The van der Waals surface area contributed by atoms with Gasteiger partial charge in [0.25, 0.3) is 5.91 Å². The Morgan fingerprint density at radius 1 is 1.42 bits per heavy atom. The lowest BCUT2D eigenvalue weighted by Gasteiger charge is -2.31. The molecular weight excluding hydrogens is 370 g/mol. The maximum absolute atomic E-state index is 12.9. The van der Waals surface area contributed by atoms with Crippen molar-refractivity contribution in [3.63, 3.8) is 0 Å². The Balaban J connectivity index is 1.65. The largest absolute Gasteiger partial charge is 0.476 e.